The summed E-state index contributed by atoms with van der Waals surface area (Å²) in [4.78, 5) is 71.7. The van der Waals surface area contributed by atoms with Gasteiger partial charge in [0.15, 0.2) is 5.78 Å². The summed E-state index contributed by atoms with van der Waals surface area (Å²) in [6.45, 7) is 17.3. The lowest BCUT2D eigenvalue weighted by atomic mass is 9.93. The number of morpholine rings is 1. The molecule has 0 aromatic heterocycles. The number of ether oxygens (including phenoxy) is 2. The number of benzene rings is 2. The van der Waals surface area contributed by atoms with Gasteiger partial charge in [-0.15, -0.1) is 0 Å². The van der Waals surface area contributed by atoms with E-state index >= 15 is 0 Å². The average Bonchev–Trinajstić information content (AvgIpc) is 3.93. The summed E-state index contributed by atoms with van der Waals surface area (Å²) in [5.74, 6) is -1.66. The monoisotopic (exact) mass is 790 g/mol. The molecule has 4 N–H and O–H groups in total. The summed E-state index contributed by atoms with van der Waals surface area (Å²) < 4.78 is 10.9. The second-order valence-electron chi connectivity index (χ2n) is 17.2. The maximum atomic E-state index is 14.2. The molecule has 2 unspecified atom stereocenters. The predicted molar refractivity (Wildman–Crippen MR) is 221 cm³/mol. The first-order chi connectivity index (χ1) is 27.1. The quantitative estimate of drug-likeness (QED) is 0.121. The van der Waals surface area contributed by atoms with Crippen LogP contribution in [0.2, 0.25) is 0 Å². The van der Waals surface area contributed by atoms with E-state index < -0.39 is 47.5 Å². The molecule has 57 heavy (non-hydrogen) atoms. The van der Waals surface area contributed by atoms with Crippen molar-refractivity contribution in [3.63, 3.8) is 0 Å². The Hall–Kier alpha value is -4.13. The van der Waals surface area contributed by atoms with Crippen molar-refractivity contribution in [2.45, 2.75) is 129 Å². The van der Waals surface area contributed by atoms with Crippen LogP contribution in [0.5, 0.6) is 0 Å². The Kier molecular flexibility index (Phi) is 17.7. The first-order valence-corrected chi connectivity index (χ1v) is 20.9. The number of ketones is 1. The maximum absolute atomic E-state index is 14.2. The number of nitrogens with one attached hydrogen (secondary N) is 4. The molecule has 4 rings (SSSR count). The summed E-state index contributed by atoms with van der Waals surface area (Å²) in [7, 11) is 0. The zero-order chi connectivity index (χ0) is 41.5. The third-order valence-corrected chi connectivity index (χ3v) is 10.9. The van der Waals surface area contributed by atoms with Gasteiger partial charge in [-0.2, -0.15) is 0 Å². The second kappa shape index (κ2) is 22.1. The van der Waals surface area contributed by atoms with Gasteiger partial charge in [-0.25, -0.2) is 0 Å². The van der Waals surface area contributed by atoms with Crippen molar-refractivity contribution in [2.24, 2.45) is 17.8 Å². The summed E-state index contributed by atoms with van der Waals surface area (Å²) in [6.07, 6.45) is 2.88. The second-order valence-corrected chi connectivity index (χ2v) is 17.2. The van der Waals surface area contributed by atoms with Gasteiger partial charge in [0.1, 0.15) is 23.7 Å². The SMILES string of the molecule is CC(C)C[C@H](NC(=O)[C@H](CCc1ccccc1)NC(=O)CC(C)CC(C)N1CCOCC1)C(=O)N[C@@H](Cc1ccccc1)C(=O)N[C@@H](CC(C)C)C(=O)[C@@]1(C)CO1. The number of hydrogen-bond donors (Lipinski definition) is 4. The molecule has 0 aliphatic carbocycles. The lowest BCUT2D eigenvalue weighted by molar-refractivity contribution is -0.135. The van der Waals surface area contributed by atoms with Crippen LogP contribution in [0.3, 0.4) is 0 Å². The van der Waals surface area contributed by atoms with Gasteiger partial charge in [0.2, 0.25) is 23.6 Å². The van der Waals surface area contributed by atoms with Crippen LogP contribution in [0.1, 0.15) is 91.7 Å². The molecule has 0 bridgehead atoms. The van der Waals surface area contributed by atoms with Crippen molar-refractivity contribution in [1.82, 2.24) is 26.2 Å². The van der Waals surface area contributed by atoms with Crippen molar-refractivity contribution in [3.05, 3.63) is 71.8 Å². The number of hydrogen-bond acceptors (Lipinski definition) is 8. The lowest BCUT2D eigenvalue weighted by Crippen LogP contribution is -2.59. The summed E-state index contributed by atoms with van der Waals surface area (Å²) >= 11 is 0. The third-order valence-electron chi connectivity index (χ3n) is 10.9. The Bertz CT molecular complexity index is 1590. The highest BCUT2D eigenvalue weighted by molar-refractivity contribution is 5.98. The highest BCUT2D eigenvalue weighted by Crippen LogP contribution is 2.30. The third kappa shape index (κ3) is 15.3. The standard InChI is InChI=1S/C45H67N5O7/c1-30(2)24-37(41(52)45(7)29-57-45)47-44(55)39(28-35-16-12-9-13-17-35)49-43(54)38(25-31(3)4)48-42(53)36(19-18-34-14-10-8-11-15-34)46-40(51)27-32(5)26-33(6)50-20-22-56-23-21-50/h8-17,30-33,36-39H,18-29H2,1-7H3,(H,46,51)(H,47,55)(H,48,53)(H,49,54)/t32?,33?,36-,37-,38-,39-,45+/m0/s1. The van der Waals surface area contributed by atoms with Gasteiger partial charge in [-0.3, -0.25) is 28.9 Å². The first kappa shape index (κ1) is 45.6. The number of carbonyl (C=O) groups is 5. The van der Waals surface area contributed by atoms with Gasteiger partial charge >= 0.3 is 0 Å². The van der Waals surface area contributed by atoms with E-state index in [-0.39, 0.29) is 42.3 Å². The zero-order valence-corrected chi connectivity index (χ0v) is 35.2. The van der Waals surface area contributed by atoms with Crippen LogP contribution in [0.15, 0.2) is 60.7 Å². The number of aryl methyl sites for hydroxylation is 1. The van der Waals surface area contributed by atoms with Crippen LogP contribution in [0.4, 0.5) is 0 Å². The molecule has 2 saturated heterocycles. The van der Waals surface area contributed by atoms with Crippen molar-refractivity contribution in [3.8, 4) is 0 Å². The van der Waals surface area contributed by atoms with Crippen LogP contribution in [-0.2, 0) is 46.3 Å². The van der Waals surface area contributed by atoms with E-state index in [1.165, 1.54) is 0 Å². The Labute approximate surface area is 340 Å². The van der Waals surface area contributed by atoms with E-state index in [1.807, 2.05) is 88.4 Å². The Morgan fingerprint density at radius 2 is 1.18 bits per heavy atom. The smallest absolute Gasteiger partial charge is 0.243 e. The van der Waals surface area contributed by atoms with Crippen LogP contribution < -0.4 is 21.3 Å². The molecule has 12 nitrogen and oxygen atoms in total. The number of nitrogens with zero attached hydrogens (tertiary/aromatic N) is 1. The van der Waals surface area contributed by atoms with Crippen molar-refractivity contribution in [2.75, 3.05) is 32.9 Å². The van der Waals surface area contributed by atoms with E-state index in [1.54, 1.807) is 6.92 Å². The van der Waals surface area contributed by atoms with Gasteiger partial charge in [0.25, 0.3) is 0 Å². The normalized spacial score (nSPS) is 20.1. The van der Waals surface area contributed by atoms with Gasteiger partial charge in [-0.1, -0.05) is 95.3 Å². The van der Waals surface area contributed by atoms with Crippen LogP contribution in [-0.4, -0.2) is 103 Å². The molecule has 2 aliphatic heterocycles. The molecule has 7 atom stereocenters. The van der Waals surface area contributed by atoms with Gasteiger partial charge in [-0.05, 0) is 74.8 Å². The summed E-state index contributed by atoms with van der Waals surface area (Å²) in [5, 5.41) is 11.8. The molecule has 2 heterocycles. The fourth-order valence-corrected chi connectivity index (χ4v) is 7.53. The molecule has 2 aromatic carbocycles. The van der Waals surface area contributed by atoms with Crippen LogP contribution >= 0.6 is 0 Å². The fraction of sp³-hybridized carbons (Fsp3) is 0.622. The van der Waals surface area contributed by atoms with Gasteiger partial charge in [0, 0.05) is 32.0 Å². The predicted octanol–water partition coefficient (Wildman–Crippen LogP) is 4.39. The molecule has 12 heteroatoms. The maximum Gasteiger partial charge on any atom is 0.243 e. The summed E-state index contributed by atoms with van der Waals surface area (Å²) in [5.41, 5.74) is 0.924. The fourth-order valence-electron chi connectivity index (χ4n) is 7.53. The Morgan fingerprint density at radius 1 is 0.667 bits per heavy atom. The molecular formula is C45H67N5O7. The van der Waals surface area contributed by atoms with Crippen LogP contribution in [0, 0.1) is 17.8 Å². The number of epoxide rings is 1. The van der Waals surface area contributed by atoms with E-state index in [9.17, 15) is 24.0 Å². The zero-order valence-electron chi connectivity index (χ0n) is 35.2. The molecule has 0 saturated carbocycles. The largest absolute Gasteiger partial charge is 0.379 e. The molecule has 2 fully saturated rings. The highest BCUT2D eigenvalue weighted by atomic mass is 16.6. The number of amides is 4. The average molecular weight is 790 g/mol. The van der Waals surface area contributed by atoms with Gasteiger partial charge in [0.05, 0.1) is 25.9 Å². The molecule has 314 valence electrons. The minimum atomic E-state index is -1.03. The topological polar surface area (TPSA) is 158 Å². The van der Waals surface area contributed by atoms with Crippen molar-refractivity contribution in [1.29, 1.82) is 0 Å². The summed E-state index contributed by atoms with van der Waals surface area (Å²) in [6, 6.07) is 15.7. The number of Topliss-reactive ketones (excluding diaryl/α,β-unsaturated/α-hetero) is 1. The molecule has 2 aromatic rings. The minimum Gasteiger partial charge on any atom is -0.379 e. The van der Waals surface area contributed by atoms with Crippen molar-refractivity contribution >= 4 is 29.4 Å². The first-order valence-electron chi connectivity index (χ1n) is 20.9. The molecule has 0 radical (unpaired) electrons. The Balaban J connectivity index is 1.49. The lowest BCUT2D eigenvalue weighted by Gasteiger charge is -2.33. The van der Waals surface area contributed by atoms with Gasteiger partial charge < -0.3 is 30.7 Å². The van der Waals surface area contributed by atoms with E-state index in [2.05, 4.69) is 40.0 Å². The van der Waals surface area contributed by atoms with Crippen LogP contribution in [0.25, 0.3) is 0 Å². The number of rotatable bonds is 23. The highest BCUT2D eigenvalue weighted by Gasteiger charge is 2.50. The molecule has 4 amide bonds. The minimum absolute atomic E-state index is 0.0152. The molecule has 2 aliphatic rings. The van der Waals surface area contributed by atoms with E-state index in [0.717, 1.165) is 30.6 Å². The van der Waals surface area contributed by atoms with Crippen molar-refractivity contribution < 1.29 is 33.4 Å². The van der Waals surface area contributed by atoms with E-state index in [0.29, 0.717) is 51.5 Å². The number of carbonyl (C=O) groups excluding carboxylic acids is 5. The van der Waals surface area contributed by atoms with E-state index in [4.69, 9.17) is 9.47 Å². The molecular weight excluding hydrogens is 723 g/mol. The Morgan fingerprint density at radius 3 is 1.75 bits per heavy atom. The molecule has 0 spiro atoms.